The number of aliphatic carboxylic acids is 1. The van der Waals surface area contributed by atoms with Crippen molar-refractivity contribution in [3.8, 4) is 23.0 Å². The number of hydrogen-bond donors (Lipinski definition) is 2. The van der Waals surface area contributed by atoms with Crippen molar-refractivity contribution in [2.45, 2.75) is 0 Å². The lowest BCUT2D eigenvalue weighted by Crippen LogP contribution is -2.09. The third kappa shape index (κ3) is 3.64. The van der Waals surface area contributed by atoms with Crippen molar-refractivity contribution in [2.75, 3.05) is 6.61 Å². The maximum atomic E-state index is 10.3. The van der Waals surface area contributed by atoms with Crippen LogP contribution in [0.15, 0.2) is 48.5 Å². The van der Waals surface area contributed by atoms with Gasteiger partial charge in [-0.25, -0.2) is 4.79 Å². The van der Waals surface area contributed by atoms with Gasteiger partial charge in [0.15, 0.2) is 18.1 Å². The van der Waals surface area contributed by atoms with E-state index in [1.807, 2.05) is 0 Å². The molecule has 0 radical (unpaired) electrons. The van der Waals surface area contributed by atoms with Crippen molar-refractivity contribution in [1.82, 2.24) is 0 Å². The van der Waals surface area contributed by atoms with Crippen LogP contribution in [0, 0.1) is 0 Å². The SMILES string of the molecule is O=C(O)COc1ccc(Oc2ccccc2O)cc1. The Morgan fingerprint density at radius 2 is 1.63 bits per heavy atom. The van der Waals surface area contributed by atoms with Crippen molar-refractivity contribution in [2.24, 2.45) is 0 Å². The van der Waals surface area contributed by atoms with Crippen molar-refractivity contribution < 1.29 is 24.5 Å². The molecule has 0 aliphatic carbocycles. The summed E-state index contributed by atoms with van der Waals surface area (Å²) in [5.74, 6) is 0.321. The molecule has 0 aliphatic rings. The fourth-order valence-electron chi connectivity index (χ4n) is 1.42. The Morgan fingerprint density at radius 1 is 1.00 bits per heavy atom. The van der Waals surface area contributed by atoms with Gasteiger partial charge in [-0.15, -0.1) is 0 Å². The number of hydrogen-bond acceptors (Lipinski definition) is 4. The molecule has 0 amide bonds. The summed E-state index contributed by atoms with van der Waals surface area (Å²) in [5.41, 5.74) is 0. The van der Waals surface area contributed by atoms with Gasteiger partial charge in [-0.3, -0.25) is 0 Å². The number of carbonyl (C=O) groups is 1. The second-order valence-electron chi connectivity index (χ2n) is 3.72. The lowest BCUT2D eigenvalue weighted by molar-refractivity contribution is -0.139. The van der Waals surface area contributed by atoms with Gasteiger partial charge in [0.1, 0.15) is 11.5 Å². The Labute approximate surface area is 109 Å². The molecule has 0 aromatic heterocycles. The van der Waals surface area contributed by atoms with E-state index in [0.717, 1.165) is 0 Å². The van der Waals surface area contributed by atoms with Gasteiger partial charge in [0.05, 0.1) is 0 Å². The molecule has 19 heavy (non-hydrogen) atoms. The summed E-state index contributed by atoms with van der Waals surface area (Å²) in [6, 6.07) is 13.1. The number of carboxylic acid groups (broad SMARTS) is 1. The molecule has 2 N–H and O–H groups in total. The molecule has 2 rings (SSSR count). The van der Waals surface area contributed by atoms with Crippen LogP contribution in [-0.4, -0.2) is 22.8 Å². The molecular weight excluding hydrogens is 248 g/mol. The molecule has 0 heterocycles. The molecular formula is C14H12O5. The van der Waals surface area contributed by atoms with E-state index < -0.39 is 5.97 Å². The third-order valence-corrected chi connectivity index (χ3v) is 2.28. The first-order valence-corrected chi connectivity index (χ1v) is 5.55. The normalized spacial score (nSPS) is 9.89. The smallest absolute Gasteiger partial charge is 0.341 e. The van der Waals surface area contributed by atoms with Gasteiger partial charge in [-0.2, -0.15) is 0 Å². The predicted octanol–water partition coefficient (Wildman–Crippen LogP) is 2.65. The molecule has 0 spiro atoms. The maximum absolute atomic E-state index is 10.3. The first-order valence-electron chi connectivity index (χ1n) is 5.55. The Hall–Kier alpha value is -2.69. The number of benzene rings is 2. The summed E-state index contributed by atoms with van der Waals surface area (Å²) >= 11 is 0. The first kappa shape index (κ1) is 12.8. The van der Waals surface area contributed by atoms with E-state index in [1.165, 1.54) is 6.07 Å². The summed E-state index contributed by atoms with van der Waals surface area (Å²) in [6.45, 7) is -0.389. The Morgan fingerprint density at radius 3 is 2.26 bits per heavy atom. The van der Waals surface area contributed by atoms with Gasteiger partial charge in [-0.05, 0) is 36.4 Å². The summed E-state index contributed by atoms with van der Waals surface area (Å²) in [4.78, 5) is 10.3. The average molecular weight is 260 g/mol. The molecule has 2 aromatic carbocycles. The molecule has 0 bridgehead atoms. The lowest BCUT2D eigenvalue weighted by Gasteiger charge is -2.08. The topological polar surface area (TPSA) is 76.0 Å². The number of rotatable bonds is 5. The van der Waals surface area contributed by atoms with E-state index in [2.05, 4.69) is 0 Å². The minimum atomic E-state index is -1.03. The van der Waals surface area contributed by atoms with Gasteiger partial charge < -0.3 is 19.7 Å². The molecule has 0 saturated heterocycles. The second-order valence-corrected chi connectivity index (χ2v) is 3.72. The van der Waals surface area contributed by atoms with E-state index in [1.54, 1.807) is 42.5 Å². The average Bonchev–Trinajstić information content (AvgIpc) is 2.40. The number of ether oxygens (including phenoxy) is 2. The molecule has 5 nitrogen and oxygen atoms in total. The van der Waals surface area contributed by atoms with E-state index in [0.29, 0.717) is 17.2 Å². The van der Waals surface area contributed by atoms with Gasteiger partial charge in [0.2, 0.25) is 0 Å². The Kier molecular flexibility index (Phi) is 3.87. The highest BCUT2D eigenvalue weighted by Crippen LogP contribution is 2.30. The standard InChI is InChI=1S/C14H12O5/c15-12-3-1-2-4-13(12)19-11-7-5-10(6-8-11)18-9-14(16)17/h1-8,15H,9H2,(H,16,17). The highest BCUT2D eigenvalue weighted by molar-refractivity contribution is 5.68. The highest BCUT2D eigenvalue weighted by atomic mass is 16.5. The second kappa shape index (κ2) is 5.77. The number of phenolic OH excluding ortho intramolecular Hbond substituents is 1. The first-order chi connectivity index (χ1) is 9.15. The van der Waals surface area contributed by atoms with Crippen molar-refractivity contribution in [3.63, 3.8) is 0 Å². The van der Waals surface area contributed by atoms with Gasteiger partial charge in [-0.1, -0.05) is 12.1 Å². The minimum Gasteiger partial charge on any atom is -0.504 e. The van der Waals surface area contributed by atoms with Crippen LogP contribution in [0.3, 0.4) is 0 Å². The molecule has 0 fully saturated rings. The summed E-state index contributed by atoms with van der Waals surface area (Å²) in [6.07, 6.45) is 0. The molecule has 0 unspecified atom stereocenters. The van der Waals surface area contributed by atoms with Crippen LogP contribution in [0.2, 0.25) is 0 Å². The van der Waals surface area contributed by atoms with Crippen molar-refractivity contribution >= 4 is 5.97 Å². The fraction of sp³-hybridized carbons (Fsp3) is 0.0714. The zero-order chi connectivity index (χ0) is 13.7. The van der Waals surface area contributed by atoms with Crippen LogP contribution < -0.4 is 9.47 Å². The van der Waals surface area contributed by atoms with E-state index in [9.17, 15) is 9.90 Å². The highest BCUT2D eigenvalue weighted by Gasteiger charge is 2.03. The van der Waals surface area contributed by atoms with E-state index >= 15 is 0 Å². The van der Waals surface area contributed by atoms with E-state index in [-0.39, 0.29) is 12.4 Å². The minimum absolute atomic E-state index is 0.0497. The number of para-hydroxylation sites is 2. The molecule has 0 saturated carbocycles. The van der Waals surface area contributed by atoms with Crippen molar-refractivity contribution in [1.29, 1.82) is 0 Å². The van der Waals surface area contributed by atoms with Crippen LogP contribution in [0.5, 0.6) is 23.0 Å². The summed E-state index contributed by atoms with van der Waals surface area (Å²) in [5, 5.41) is 18.0. The van der Waals surface area contributed by atoms with Crippen LogP contribution in [0.25, 0.3) is 0 Å². The van der Waals surface area contributed by atoms with Crippen LogP contribution in [0.1, 0.15) is 0 Å². The number of aromatic hydroxyl groups is 1. The van der Waals surface area contributed by atoms with Gasteiger partial charge in [0, 0.05) is 0 Å². The zero-order valence-electron chi connectivity index (χ0n) is 9.95. The van der Waals surface area contributed by atoms with Crippen molar-refractivity contribution in [3.05, 3.63) is 48.5 Å². The van der Waals surface area contributed by atoms with Crippen LogP contribution in [-0.2, 0) is 4.79 Å². The maximum Gasteiger partial charge on any atom is 0.341 e. The Bertz CT molecular complexity index is 562. The number of carboxylic acids is 1. The lowest BCUT2D eigenvalue weighted by atomic mass is 10.3. The predicted molar refractivity (Wildman–Crippen MR) is 67.8 cm³/mol. The van der Waals surface area contributed by atoms with E-state index in [4.69, 9.17) is 14.6 Å². The number of phenols is 1. The molecule has 98 valence electrons. The quantitative estimate of drug-likeness (QED) is 0.864. The fourth-order valence-corrected chi connectivity index (χ4v) is 1.42. The monoisotopic (exact) mass is 260 g/mol. The molecule has 2 aromatic rings. The van der Waals surface area contributed by atoms with Crippen LogP contribution in [0.4, 0.5) is 0 Å². The molecule has 0 atom stereocenters. The summed E-state index contributed by atoms with van der Waals surface area (Å²) in [7, 11) is 0. The third-order valence-electron chi connectivity index (χ3n) is 2.28. The molecule has 5 heteroatoms. The molecule has 0 aliphatic heterocycles. The Balaban J connectivity index is 2.03. The summed E-state index contributed by atoms with van der Waals surface area (Å²) < 4.78 is 10.5. The largest absolute Gasteiger partial charge is 0.504 e. The van der Waals surface area contributed by atoms with Crippen LogP contribution >= 0.6 is 0 Å². The van der Waals surface area contributed by atoms with Gasteiger partial charge >= 0.3 is 5.97 Å². The van der Waals surface area contributed by atoms with Gasteiger partial charge in [0.25, 0.3) is 0 Å². The zero-order valence-corrected chi connectivity index (χ0v) is 9.95.